The molecule has 0 bridgehead atoms. The largest absolute Gasteiger partial charge is 0.324 e. The summed E-state index contributed by atoms with van der Waals surface area (Å²) in [6.45, 7) is 4.43. The standard InChI is InChI=1S/C18H24N2/c1-13-4-5-16-11-17(7-6-15(16)9-13)18(19)10-14-3-2-8-20-12-14/h4-7,9,11,14,18,20H,2-3,8,10,12,19H2,1H3. The van der Waals surface area contributed by atoms with Gasteiger partial charge in [0, 0.05) is 6.04 Å². The van der Waals surface area contributed by atoms with Gasteiger partial charge in [0.15, 0.2) is 0 Å². The van der Waals surface area contributed by atoms with Crippen molar-refractivity contribution in [3.05, 3.63) is 47.5 Å². The lowest BCUT2D eigenvalue weighted by Crippen LogP contribution is -2.31. The smallest absolute Gasteiger partial charge is 0.0298 e. The number of fused-ring (bicyclic) bond motifs is 1. The molecule has 1 saturated heterocycles. The average molecular weight is 268 g/mol. The zero-order valence-corrected chi connectivity index (χ0v) is 12.2. The van der Waals surface area contributed by atoms with Crippen LogP contribution >= 0.6 is 0 Å². The van der Waals surface area contributed by atoms with Crippen LogP contribution in [0, 0.1) is 12.8 Å². The molecule has 106 valence electrons. The summed E-state index contributed by atoms with van der Waals surface area (Å²) in [6.07, 6.45) is 3.69. The highest BCUT2D eigenvalue weighted by atomic mass is 14.9. The summed E-state index contributed by atoms with van der Waals surface area (Å²) in [5, 5.41) is 6.07. The number of nitrogens with one attached hydrogen (secondary N) is 1. The lowest BCUT2D eigenvalue weighted by molar-refractivity contribution is 0.337. The van der Waals surface area contributed by atoms with Gasteiger partial charge in [-0.1, -0.05) is 35.9 Å². The molecule has 1 fully saturated rings. The number of nitrogens with two attached hydrogens (primary N) is 1. The Kier molecular flexibility index (Phi) is 4.04. The number of benzene rings is 2. The minimum Gasteiger partial charge on any atom is -0.324 e. The van der Waals surface area contributed by atoms with Gasteiger partial charge in [-0.2, -0.15) is 0 Å². The van der Waals surface area contributed by atoms with Crippen LogP contribution in [0.25, 0.3) is 10.8 Å². The first-order chi connectivity index (χ1) is 9.72. The maximum atomic E-state index is 6.42. The van der Waals surface area contributed by atoms with E-state index in [0.717, 1.165) is 18.9 Å². The van der Waals surface area contributed by atoms with Gasteiger partial charge >= 0.3 is 0 Å². The summed E-state index contributed by atoms with van der Waals surface area (Å²) in [5.74, 6) is 0.729. The average Bonchev–Trinajstić information content (AvgIpc) is 2.47. The Labute approximate surface area is 121 Å². The highest BCUT2D eigenvalue weighted by Crippen LogP contribution is 2.26. The van der Waals surface area contributed by atoms with Gasteiger partial charge in [0.05, 0.1) is 0 Å². The normalized spacial score (nSPS) is 21.0. The molecule has 2 aromatic carbocycles. The maximum Gasteiger partial charge on any atom is 0.0298 e. The first-order valence-corrected chi connectivity index (χ1v) is 7.69. The molecule has 2 heteroatoms. The maximum absolute atomic E-state index is 6.42. The predicted molar refractivity (Wildman–Crippen MR) is 85.8 cm³/mol. The van der Waals surface area contributed by atoms with Crippen LogP contribution in [-0.4, -0.2) is 13.1 Å². The number of piperidine rings is 1. The van der Waals surface area contributed by atoms with Crippen LogP contribution in [0.15, 0.2) is 36.4 Å². The summed E-state index contributed by atoms with van der Waals surface area (Å²) < 4.78 is 0. The molecular formula is C18H24N2. The molecule has 0 aliphatic carbocycles. The summed E-state index contributed by atoms with van der Waals surface area (Å²) in [5.41, 5.74) is 9.00. The molecule has 2 aromatic rings. The van der Waals surface area contributed by atoms with E-state index in [1.165, 1.54) is 41.3 Å². The lowest BCUT2D eigenvalue weighted by atomic mass is 9.89. The minimum absolute atomic E-state index is 0.158. The molecule has 1 aliphatic heterocycles. The third-order valence-electron chi connectivity index (χ3n) is 4.43. The molecule has 1 aliphatic rings. The van der Waals surface area contributed by atoms with Crippen molar-refractivity contribution < 1.29 is 0 Å². The van der Waals surface area contributed by atoms with Crippen LogP contribution in [0.3, 0.4) is 0 Å². The van der Waals surface area contributed by atoms with Crippen LogP contribution in [0.4, 0.5) is 0 Å². The van der Waals surface area contributed by atoms with Gasteiger partial charge in [-0.25, -0.2) is 0 Å². The quantitative estimate of drug-likeness (QED) is 0.893. The summed E-state index contributed by atoms with van der Waals surface area (Å²) in [6, 6.07) is 13.4. The van der Waals surface area contributed by atoms with Crippen molar-refractivity contribution in [2.45, 2.75) is 32.2 Å². The fourth-order valence-electron chi connectivity index (χ4n) is 3.23. The number of hydrogen-bond acceptors (Lipinski definition) is 2. The molecule has 3 rings (SSSR count). The molecule has 0 saturated carbocycles. The van der Waals surface area contributed by atoms with E-state index in [4.69, 9.17) is 5.73 Å². The van der Waals surface area contributed by atoms with E-state index in [2.05, 4.69) is 48.6 Å². The Bertz CT molecular complexity index is 585. The Hall–Kier alpha value is -1.38. The Morgan fingerprint density at radius 3 is 2.80 bits per heavy atom. The van der Waals surface area contributed by atoms with Crippen molar-refractivity contribution >= 4 is 10.8 Å². The molecular weight excluding hydrogens is 244 g/mol. The predicted octanol–water partition coefficient (Wildman–Crippen LogP) is 3.54. The summed E-state index contributed by atoms with van der Waals surface area (Å²) in [4.78, 5) is 0. The highest BCUT2D eigenvalue weighted by Gasteiger charge is 2.17. The third-order valence-corrected chi connectivity index (χ3v) is 4.43. The van der Waals surface area contributed by atoms with Crippen molar-refractivity contribution in [1.82, 2.24) is 5.32 Å². The Morgan fingerprint density at radius 2 is 2.00 bits per heavy atom. The van der Waals surface area contributed by atoms with Gasteiger partial charge in [0.2, 0.25) is 0 Å². The van der Waals surface area contributed by atoms with Gasteiger partial charge in [0.1, 0.15) is 0 Å². The van der Waals surface area contributed by atoms with Crippen LogP contribution in [0.2, 0.25) is 0 Å². The fourth-order valence-corrected chi connectivity index (χ4v) is 3.23. The zero-order chi connectivity index (χ0) is 13.9. The monoisotopic (exact) mass is 268 g/mol. The molecule has 0 spiro atoms. The number of hydrogen-bond donors (Lipinski definition) is 2. The molecule has 2 nitrogen and oxygen atoms in total. The molecule has 0 radical (unpaired) electrons. The molecule has 2 unspecified atom stereocenters. The van der Waals surface area contributed by atoms with Crippen molar-refractivity contribution in [2.24, 2.45) is 11.7 Å². The van der Waals surface area contributed by atoms with E-state index in [9.17, 15) is 0 Å². The van der Waals surface area contributed by atoms with Gasteiger partial charge in [-0.15, -0.1) is 0 Å². The molecule has 0 aromatic heterocycles. The van der Waals surface area contributed by atoms with Crippen molar-refractivity contribution in [3.8, 4) is 0 Å². The third kappa shape index (κ3) is 3.02. The second-order valence-corrected chi connectivity index (χ2v) is 6.16. The zero-order valence-electron chi connectivity index (χ0n) is 12.2. The van der Waals surface area contributed by atoms with E-state index in [-0.39, 0.29) is 6.04 Å². The molecule has 0 amide bonds. The van der Waals surface area contributed by atoms with Gasteiger partial charge in [0.25, 0.3) is 0 Å². The van der Waals surface area contributed by atoms with Crippen molar-refractivity contribution in [1.29, 1.82) is 0 Å². The van der Waals surface area contributed by atoms with Gasteiger partial charge in [-0.3, -0.25) is 0 Å². The van der Waals surface area contributed by atoms with Gasteiger partial charge < -0.3 is 11.1 Å². The van der Waals surface area contributed by atoms with Crippen LogP contribution in [0.5, 0.6) is 0 Å². The van der Waals surface area contributed by atoms with Crippen molar-refractivity contribution in [3.63, 3.8) is 0 Å². The first-order valence-electron chi connectivity index (χ1n) is 7.69. The summed E-state index contributed by atoms with van der Waals surface area (Å²) >= 11 is 0. The molecule has 3 N–H and O–H groups in total. The van der Waals surface area contributed by atoms with E-state index in [0.29, 0.717) is 0 Å². The molecule has 1 heterocycles. The molecule has 20 heavy (non-hydrogen) atoms. The van der Waals surface area contributed by atoms with Crippen LogP contribution in [-0.2, 0) is 0 Å². The minimum atomic E-state index is 0.158. The summed E-state index contributed by atoms with van der Waals surface area (Å²) in [7, 11) is 0. The highest BCUT2D eigenvalue weighted by molar-refractivity contribution is 5.83. The lowest BCUT2D eigenvalue weighted by Gasteiger charge is -2.25. The Morgan fingerprint density at radius 1 is 1.20 bits per heavy atom. The van der Waals surface area contributed by atoms with E-state index in [1.807, 2.05) is 0 Å². The van der Waals surface area contributed by atoms with Crippen molar-refractivity contribution in [2.75, 3.05) is 13.1 Å². The molecule has 2 atom stereocenters. The van der Waals surface area contributed by atoms with E-state index in [1.54, 1.807) is 0 Å². The number of aryl methyl sites for hydroxylation is 1. The fraction of sp³-hybridized carbons (Fsp3) is 0.444. The van der Waals surface area contributed by atoms with E-state index >= 15 is 0 Å². The SMILES string of the molecule is Cc1ccc2cc(C(N)CC3CCCNC3)ccc2c1. The topological polar surface area (TPSA) is 38.0 Å². The van der Waals surface area contributed by atoms with Gasteiger partial charge in [-0.05, 0) is 67.6 Å². The second kappa shape index (κ2) is 5.94. The first kappa shape index (κ1) is 13.6. The van der Waals surface area contributed by atoms with E-state index < -0.39 is 0 Å². The Balaban J connectivity index is 1.76. The second-order valence-electron chi connectivity index (χ2n) is 6.16. The van der Waals surface area contributed by atoms with Crippen LogP contribution < -0.4 is 11.1 Å². The number of rotatable bonds is 3. The van der Waals surface area contributed by atoms with Crippen LogP contribution in [0.1, 0.15) is 36.4 Å².